The maximum absolute atomic E-state index is 12.8. The lowest BCUT2D eigenvalue weighted by atomic mass is 10.1. The molecule has 0 radical (unpaired) electrons. The number of nitrogens with one attached hydrogen (secondary N) is 2. The van der Waals surface area contributed by atoms with Gasteiger partial charge in [0, 0.05) is 43.8 Å². The quantitative estimate of drug-likeness (QED) is 0.527. The highest BCUT2D eigenvalue weighted by molar-refractivity contribution is 5.99. The summed E-state index contributed by atoms with van der Waals surface area (Å²) in [6.45, 7) is 0.709. The Kier molecular flexibility index (Phi) is 7.83. The van der Waals surface area contributed by atoms with Crippen molar-refractivity contribution >= 4 is 11.8 Å². The minimum Gasteiger partial charge on any atom is -0.352 e. The topological polar surface area (TPSA) is 93.1 Å². The number of nitrogens with zero attached hydrogens (tertiary/aromatic N) is 2. The fourth-order valence-electron chi connectivity index (χ4n) is 3.13. The van der Waals surface area contributed by atoms with Gasteiger partial charge in [-0.1, -0.05) is 35.9 Å². The second-order valence-corrected chi connectivity index (χ2v) is 7.69. The Balaban J connectivity index is 1.85. The van der Waals surface area contributed by atoms with Crippen molar-refractivity contribution in [3.8, 4) is 0 Å². The highest BCUT2D eigenvalue weighted by Gasteiger charge is 2.29. The summed E-state index contributed by atoms with van der Waals surface area (Å²) in [5.41, 5.74) is 0.739. The first kappa shape index (κ1) is 24.7. The van der Waals surface area contributed by atoms with Crippen LogP contribution in [0.1, 0.15) is 37.5 Å². The fourth-order valence-corrected chi connectivity index (χ4v) is 3.13. The van der Waals surface area contributed by atoms with E-state index in [1.54, 1.807) is 29.7 Å². The van der Waals surface area contributed by atoms with Crippen LogP contribution in [-0.4, -0.2) is 34.1 Å². The SMILES string of the molecule is Cc1ccc(CNC(=O)c2cn(CCc3ccccn3)cc(C(=O)NCC(F)(F)F)c2=O)cc1. The molecule has 0 aliphatic rings. The third-order valence-corrected chi connectivity index (χ3v) is 4.94. The second-order valence-electron chi connectivity index (χ2n) is 7.69. The Morgan fingerprint density at radius 3 is 2.21 bits per heavy atom. The Bertz CT molecular complexity index is 1210. The van der Waals surface area contributed by atoms with Crippen molar-refractivity contribution in [1.82, 2.24) is 20.2 Å². The van der Waals surface area contributed by atoms with Gasteiger partial charge < -0.3 is 15.2 Å². The minimum atomic E-state index is -4.64. The van der Waals surface area contributed by atoms with Crippen LogP contribution in [0.3, 0.4) is 0 Å². The maximum Gasteiger partial charge on any atom is 0.405 e. The zero-order valence-electron chi connectivity index (χ0n) is 18.4. The summed E-state index contributed by atoms with van der Waals surface area (Å²) in [6.07, 6.45) is -0.181. The maximum atomic E-state index is 12.8. The fraction of sp³-hybridized carbons (Fsp3) is 0.250. The molecule has 0 fully saturated rings. The molecule has 0 unspecified atom stereocenters. The van der Waals surface area contributed by atoms with Crippen LogP contribution in [0, 0.1) is 6.92 Å². The molecule has 0 saturated carbocycles. The molecule has 3 rings (SSSR count). The van der Waals surface area contributed by atoms with E-state index in [1.807, 2.05) is 31.2 Å². The summed E-state index contributed by atoms with van der Waals surface area (Å²) in [5.74, 6) is -1.94. The number of carbonyl (C=O) groups excluding carboxylic acids is 2. The van der Waals surface area contributed by atoms with E-state index in [4.69, 9.17) is 0 Å². The molecule has 0 saturated heterocycles. The summed E-state index contributed by atoms with van der Waals surface area (Å²) < 4.78 is 39.1. The summed E-state index contributed by atoms with van der Waals surface area (Å²) in [6, 6.07) is 12.7. The molecule has 7 nitrogen and oxygen atoms in total. The molecular weight excluding hydrogens is 449 g/mol. The van der Waals surface area contributed by atoms with Crippen LogP contribution in [0.25, 0.3) is 0 Å². The highest BCUT2D eigenvalue weighted by Crippen LogP contribution is 2.12. The number of hydrogen-bond acceptors (Lipinski definition) is 4. The summed E-state index contributed by atoms with van der Waals surface area (Å²) in [7, 11) is 0. The first-order chi connectivity index (χ1) is 16.1. The first-order valence-electron chi connectivity index (χ1n) is 10.4. The third kappa shape index (κ3) is 7.03. The molecule has 0 atom stereocenters. The van der Waals surface area contributed by atoms with Crippen LogP contribution in [0.5, 0.6) is 0 Å². The molecule has 2 amide bonds. The zero-order chi connectivity index (χ0) is 24.7. The van der Waals surface area contributed by atoms with E-state index < -0.39 is 35.5 Å². The van der Waals surface area contributed by atoms with E-state index in [0.29, 0.717) is 6.42 Å². The van der Waals surface area contributed by atoms with E-state index in [0.717, 1.165) is 23.0 Å². The number of rotatable bonds is 8. The molecule has 2 aromatic heterocycles. The average molecular weight is 472 g/mol. The van der Waals surface area contributed by atoms with Crippen molar-refractivity contribution in [3.63, 3.8) is 0 Å². The summed E-state index contributed by atoms with van der Waals surface area (Å²) in [4.78, 5) is 42.2. The van der Waals surface area contributed by atoms with Crippen molar-refractivity contribution in [1.29, 1.82) is 0 Å². The smallest absolute Gasteiger partial charge is 0.352 e. The molecule has 2 N–H and O–H groups in total. The number of amides is 2. The summed E-state index contributed by atoms with van der Waals surface area (Å²) in [5, 5.41) is 4.31. The van der Waals surface area contributed by atoms with Gasteiger partial charge in [0.25, 0.3) is 11.8 Å². The molecule has 0 aliphatic heterocycles. The molecule has 1 aromatic carbocycles. The Morgan fingerprint density at radius 1 is 0.971 bits per heavy atom. The number of benzene rings is 1. The second kappa shape index (κ2) is 10.8. The molecule has 2 heterocycles. The van der Waals surface area contributed by atoms with Crippen LogP contribution in [-0.2, 0) is 19.5 Å². The molecule has 0 spiro atoms. The van der Waals surface area contributed by atoms with Gasteiger partial charge >= 0.3 is 6.18 Å². The van der Waals surface area contributed by atoms with Gasteiger partial charge in [-0.3, -0.25) is 19.4 Å². The minimum absolute atomic E-state index is 0.136. The van der Waals surface area contributed by atoms with Gasteiger partial charge in [-0.05, 0) is 24.6 Å². The van der Waals surface area contributed by atoms with E-state index in [-0.39, 0.29) is 18.7 Å². The highest BCUT2D eigenvalue weighted by atomic mass is 19.4. The lowest BCUT2D eigenvalue weighted by molar-refractivity contribution is -0.123. The van der Waals surface area contributed by atoms with E-state index in [1.165, 1.54) is 10.8 Å². The van der Waals surface area contributed by atoms with E-state index in [9.17, 15) is 27.6 Å². The Hall–Kier alpha value is -3.95. The van der Waals surface area contributed by atoms with Crippen LogP contribution >= 0.6 is 0 Å². The number of hydrogen-bond donors (Lipinski definition) is 2. The van der Waals surface area contributed by atoms with Gasteiger partial charge in [0.05, 0.1) is 0 Å². The number of carbonyl (C=O) groups is 2. The van der Waals surface area contributed by atoms with Gasteiger partial charge in [0.2, 0.25) is 5.43 Å². The zero-order valence-corrected chi connectivity index (χ0v) is 18.4. The molecule has 0 bridgehead atoms. The van der Waals surface area contributed by atoms with Crippen molar-refractivity contribution < 1.29 is 22.8 Å². The Labute approximate surface area is 193 Å². The molecular formula is C24H23F3N4O3. The van der Waals surface area contributed by atoms with Crippen molar-refractivity contribution in [2.45, 2.75) is 32.6 Å². The van der Waals surface area contributed by atoms with Crippen molar-refractivity contribution in [2.24, 2.45) is 0 Å². The van der Waals surface area contributed by atoms with Crippen molar-refractivity contribution in [2.75, 3.05) is 6.54 Å². The van der Waals surface area contributed by atoms with Gasteiger partial charge in [-0.2, -0.15) is 13.2 Å². The first-order valence-corrected chi connectivity index (χ1v) is 10.4. The third-order valence-electron chi connectivity index (χ3n) is 4.94. The van der Waals surface area contributed by atoms with Gasteiger partial charge in [-0.25, -0.2) is 0 Å². The van der Waals surface area contributed by atoms with Crippen LogP contribution in [0.2, 0.25) is 0 Å². The number of aromatic nitrogens is 2. The number of alkyl halides is 3. The van der Waals surface area contributed by atoms with E-state index >= 15 is 0 Å². The lowest BCUT2D eigenvalue weighted by Gasteiger charge is -2.13. The molecule has 178 valence electrons. The lowest BCUT2D eigenvalue weighted by Crippen LogP contribution is -2.38. The predicted octanol–water partition coefficient (Wildman–Crippen LogP) is 3.02. The van der Waals surface area contributed by atoms with E-state index in [2.05, 4.69) is 10.3 Å². The number of pyridine rings is 2. The average Bonchev–Trinajstić information content (AvgIpc) is 2.81. The standard InChI is InChI=1S/C24H23F3N4O3/c1-16-5-7-17(8-6-16)12-29-22(33)19-13-31(11-9-18-4-2-3-10-28-18)14-20(21(19)32)23(34)30-15-24(25,26)27/h2-8,10,13-14H,9,11-12,15H2,1H3,(H,29,33)(H,30,34). The molecule has 34 heavy (non-hydrogen) atoms. The normalized spacial score (nSPS) is 11.2. The largest absolute Gasteiger partial charge is 0.405 e. The van der Waals surface area contributed by atoms with Crippen LogP contribution in [0.4, 0.5) is 13.2 Å². The van der Waals surface area contributed by atoms with Crippen molar-refractivity contribution in [3.05, 3.63) is 99.2 Å². The van der Waals surface area contributed by atoms with Crippen LogP contribution in [0.15, 0.2) is 65.8 Å². The van der Waals surface area contributed by atoms with Crippen LogP contribution < -0.4 is 16.1 Å². The number of aryl methyl sites for hydroxylation is 3. The summed E-state index contributed by atoms with van der Waals surface area (Å²) >= 11 is 0. The molecule has 3 aromatic rings. The Morgan fingerprint density at radius 2 is 1.62 bits per heavy atom. The van der Waals surface area contributed by atoms with Gasteiger partial charge in [-0.15, -0.1) is 0 Å². The van der Waals surface area contributed by atoms with Gasteiger partial charge in [0.1, 0.15) is 17.7 Å². The molecule has 10 heteroatoms. The predicted molar refractivity (Wildman–Crippen MR) is 119 cm³/mol. The number of halogens is 3. The van der Waals surface area contributed by atoms with Gasteiger partial charge in [0.15, 0.2) is 0 Å². The molecule has 0 aliphatic carbocycles. The monoisotopic (exact) mass is 472 g/mol.